The monoisotopic (exact) mass is 287 g/mol. The number of esters is 1. The summed E-state index contributed by atoms with van der Waals surface area (Å²) in [4.78, 5) is 23.4. The number of alkyl carbamates (subject to hydrolysis) is 1. The standard InChI is InChI=1S/C14H25NO5/c1-5-19-12(17)9-6-7-11(16)10(8-9)15-13(18)20-14(2,3)4/h9-11,16H,5-8H2,1-4H3,(H,15,18)/t9-,10+,11+/m0/s1. The number of amides is 1. The molecule has 0 unspecified atom stereocenters. The summed E-state index contributed by atoms with van der Waals surface area (Å²) in [6, 6.07) is -0.479. The molecular weight excluding hydrogens is 262 g/mol. The minimum Gasteiger partial charge on any atom is -0.466 e. The van der Waals surface area contributed by atoms with E-state index in [1.807, 2.05) is 0 Å². The van der Waals surface area contributed by atoms with Gasteiger partial charge in [-0.05, 0) is 47.0 Å². The summed E-state index contributed by atoms with van der Waals surface area (Å²) < 4.78 is 10.1. The zero-order valence-corrected chi connectivity index (χ0v) is 12.6. The van der Waals surface area contributed by atoms with Crippen molar-refractivity contribution in [3.8, 4) is 0 Å². The maximum absolute atomic E-state index is 11.7. The Morgan fingerprint density at radius 3 is 2.50 bits per heavy atom. The molecule has 1 amide bonds. The Balaban J connectivity index is 2.54. The van der Waals surface area contributed by atoms with Crippen LogP contribution < -0.4 is 5.32 Å². The Morgan fingerprint density at radius 2 is 1.95 bits per heavy atom. The van der Waals surface area contributed by atoms with Crippen LogP contribution in [-0.4, -0.2) is 41.5 Å². The Kier molecular flexibility index (Phi) is 5.80. The van der Waals surface area contributed by atoms with Gasteiger partial charge in [0.25, 0.3) is 0 Å². The van der Waals surface area contributed by atoms with Gasteiger partial charge in [0, 0.05) is 0 Å². The maximum atomic E-state index is 11.7. The molecule has 20 heavy (non-hydrogen) atoms. The predicted molar refractivity (Wildman–Crippen MR) is 73.1 cm³/mol. The van der Waals surface area contributed by atoms with Crippen LogP contribution in [0.3, 0.4) is 0 Å². The van der Waals surface area contributed by atoms with Crippen molar-refractivity contribution in [2.75, 3.05) is 6.61 Å². The van der Waals surface area contributed by atoms with Crippen LogP contribution in [-0.2, 0) is 14.3 Å². The molecule has 1 aliphatic rings. The number of hydrogen-bond acceptors (Lipinski definition) is 5. The lowest BCUT2D eigenvalue weighted by Gasteiger charge is -2.33. The molecule has 2 N–H and O–H groups in total. The van der Waals surface area contributed by atoms with E-state index in [1.54, 1.807) is 27.7 Å². The first-order valence-electron chi connectivity index (χ1n) is 7.07. The fourth-order valence-corrected chi connectivity index (χ4v) is 2.24. The van der Waals surface area contributed by atoms with E-state index in [0.717, 1.165) is 0 Å². The highest BCUT2D eigenvalue weighted by Gasteiger charge is 2.35. The maximum Gasteiger partial charge on any atom is 0.407 e. The van der Waals surface area contributed by atoms with E-state index in [4.69, 9.17) is 9.47 Å². The van der Waals surface area contributed by atoms with Gasteiger partial charge >= 0.3 is 12.1 Å². The van der Waals surface area contributed by atoms with Crippen LogP contribution in [0.1, 0.15) is 47.0 Å². The third-order valence-corrected chi connectivity index (χ3v) is 3.14. The topological polar surface area (TPSA) is 84.9 Å². The predicted octanol–water partition coefficient (Wildman–Crippen LogP) is 1.60. The van der Waals surface area contributed by atoms with Crippen LogP contribution in [0.15, 0.2) is 0 Å². The number of rotatable bonds is 3. The van der Waals surface area contributed by atoms with E-state index in [0.29, 0.717) is 25.9 Å². The summed E-state index contributed by atoms with van der Waals surface area (Å²) >= 11 is 0. The fourth-order valence-electron chi connectivity index (χ4n) is 2.24. The second-order valence-corrected chi connectivity index (χ2v) is 6.08. The lowest BCUT2D eigenvalue weighted by Crippen LogP contribution is -2.49. The highest BCUT2D eigenvalue weighted by Crippen LogP contribution is 2.26. The molecule has 0 bridgehead atoms. The molecule has 1 rings (SSSR count). The lowest BCUT2D eigenvalue weighted by molar-refractivity contribution is -0.150. The van der Waals surface area contributed by atoms with Crippen molar-refractivity contribution in [1.29, 1.82) is 0 Å². The van der Waals surface area contributed by atoms with Gasteiger partial charge in [0.05, 0.1) is 24.7 Å². The molecule has 3 atom stereocenters. The fraction of sp³-hybridized carbons (Fsp3) is 0.857. The average Bonchev–Trinajstić information content (AvgIpc) is 2.29. The average molecular weight is 287 g/mol. The van der Waals surface area contributed by atoms with Crippen molar-refractivity contribution in [2.45, 2.75) is 64.7 Å². The summed E-state index contributed by atoms with van der Waals surface area (Å²) in [5.74, 6) is -0.548. The number of aliphatic hydroxyl groups is 1. The second kappa shape index (κ2) is 6.92. The summed E-state index contributed by atoms with van der Waals surface area (Å²) in [5, 5.41) is 12.6. The molecule has 0 radical (unpaired) electrons. The second-order valence-electron chi connectivity index (χ2n) is 6.08. The largest absolute Gasteiger partial charge is 0.466 e. The molecule has 6 heteroatoms. The van der Waals surface area contributed by atoms with Gasteiger partial charge in [-0.1, -0.05) is 0 Å². The zero-order valence-electron chi connectivity index (χ0n) is 12.6. The Morgan fingerprint density at radius 1 is 1.30 bits per heavy atom. The molecule has 1 saturated carbocycles. The van der Waals surface area contributed by atoms with E-state index in [-0.39, 0.29) is 11.9 Å². The Labute approximate surface area is 119 Å². The first-order chi connectivity index (χ1) is 9.23. The van der Waals surface area contributed by atoms with Gasteiger partial charge in [-0.15, -0.1) is 0 Å². The smallest absolute Gasteiger partial charge is 0.407 e. The van der Waals surface area contributed by atoms with Gasteiger partial charge in [0.15, 0.2) is 0 Å². The molecular formula is C14H25NO5. The number of ether oxygens (including phenoxy) is 2. The van der Waals surface area contributed by atoms with Gasteiger partial charge < -0.3 is 19.9 Å². The summed E-state index contributed by atoms with van der Waals surface area (Å²) in [6.45, 7) is 7.40. The lowest BCUT2D eigenvalue weighted by atomic mass is 9.84. The van der Waals surface area contributed by atoms with Crippen LogP contribution in [0.25, 0.3) is 0 Å². The number of nitrogens with one attached hydrogen (secondary N) is 1. The van der Waals surface area contributed by atoms with Crippen molar-refractivity contribution >= 4 is 12.1 Å². The van der Waals surface area contributed by atoms with E-state index >= 15 is 0 Å². The summed E-state index contributed by atoms with van der Waals surface area (Å²) in [5.41, 5.74) is -0.593. The Hall–Kier alpha value is -1.30. The minimum atomic E-state index is -0.659. The molecule has 1 aliphatic carbocycles. The third-order valence-electron chi connectivity index (χ3n) is 3.14. The number of hydrogen-bond donors (Lipinski definition) is 2. The first kappa shape index (κ1) is 16.8. The van der Waals surface area contributed by atoms with E-state index < -0.39 is 23.8 Å². The minimum absolute atomic E-state index is 0.268. The van der Waals surface area contributed by atoms with Gasteiger partial charge in [-0.2, -0.15) is 0 Å². The van der Waals surface area contributed by atoms with E-state index in [1.165, 1.54) is 0 Å². The van der Waals surface area contributed by atoms with Gasteiger partial charge in [-0.25, -0.2) is 4.79 Å². The Bertz CT molecular complexity index is 350. The third kappa shape index (κ3) is 5.36. The number of carbonyl (C=O) groups excluding carboxylic acids is 2. The molecule has 0 spiro atoms. The zero-order chi connectivity index (χ0) is 15.3. The first-order valence-corrected chi connectivity index (χ1v) is 7.07. The molecule has 1 fully saturated rings. The van der Waals surface area contributed by atoms with E-state index in [9.17, 15) is 14.7 Å². The molecule has 0 saturated heterocycles. The van der Waals surface area contributed by atoms with Crippen molar-refractivity contribution in [1.82, 2.24) is 5.32 Å². The molecule has 116 valence electrons. The van der Waals surface area contributed by atoms with Gasteiger partial charge in [0.2, 0.25) is 0 Å². The van der Waals surface area contributed by atoms with Crippen LogP contribution in [0.2, 0.25) is 0 Å². The number of aliphatic hydroxyl groups excluding tert-OH is 1. The van der Waals surface area contributed by atoms with Crippen LogP contribution in [0.4, 0.5) is 4.79 Å². The van der Waals surface area contributed by atoms with Crippen molar-refractivity contribution in [3.63, 3.8) is 0 Å². The van der Waals surface area contributed by atoms with Crippen LogP contribution in [0.5, 0.6) is 0 Å². The highest BCUT2D eigenvalue weighted by atomic mass is 16.6. The summed E-state index contributed by atoms with van der Waals surface area (Å²) in [6.07, 6.45) is 0.176. The van der Waals surface area contributed by atoms with E-state index in [2.05, 4.69) is 5.32 Å². The quantitative estimate of drug-likeness (QED) is 0.770. The van der Waals surface area contributed by atoms with Crippen LogP contribution >= 0.6 is 0 Å². The normalized spacial score (nSPS) is 26.8. The highest BCUT2D eigenvalue weighted by molar-refractivity contribution is 5.73. The molecule has 0 aromatic carbocycles. The SMILES string of the molecule is CCOC(=O)[C@H]1CC[C@@H](O)[C@H](NC(=O)OC(C)(C)C)C1. The summed E-state index contributed by atoms with van der Waals surface area (Å²) in [7, 11) is 0. The van der Waals surface area contributed by atoms with Crippen molar-refractivity contribution in [3.05, 3.63) is 0 Å². The van der Waals surface area contributed by atoms with Gasteiger partial charge in [0.1, 0.15) is 5.60 Å². The van der Waals surface area contributed by atoms with Crippen LogP contribution in [0, 0.1) is 5.92 Å². The van der Waals surface area contributed by atoms with Gasteiger partial charge in [-0.3, -0.25) is 4.79 Å². The van der Waals surface area contributed by atoms with Crippen molar-refractivity contribution < 1.29 is 24.2 Å². The molecule has 0 aromatic rings. The molecule has 0 aliphatic heterocycles. The molecule has 6 nitrogen and oxygen atoms in total. The van der Waals surface area contributed by atoms with Crippen molar-refractivity contribution in [2.24, 2.45) is 5.92 Å². The molecule has 0 heterocycles. The molecule has 0 aromatic heterocycles. The number of carbonyl (C=O) groups is 2.